The fourth-order valence-corrected chi connectivity index (χ4v) is 2.70. The predicted octanol–water partition coefficient (Wildman–Crippen LogP) is 2.70. The monoisotopic (exact) mass is 286 g/mol. The summed E-state index contributed by atoms with van der Waals surface area (Å²) in [6, 6.07) is 7.63. The summed E-state index contributed by atoms with van der Waals surface area (Å²) >= 11 is 0. The molecule has 1 aromatic carbocycles. The summed E-state index contributed by atoms with van der Waals surface area (Å²) in [5.41, 5.74) is 2.18. The van der Waals surface area contributed by atoms with Crippen LogP contribution in [0, 0.1) is 6.92 Å². The molecule has 0 spiro atoms. The molecule has 5 heteroatoms. The van der Waals surface area contributed by atoms with Gasteiger partial charge in [-0.25, -0.2) is 4.98 Å². The summed E-state index contributed by atoms with van der Waals surface area (Å²) in [4.78, 5) is 17.3. The minimum atomic E-state index is -0.766. The molecule has 0 radical (unpaired) electrons. The van der Waals surface area contributed by atoms with E-state index in [1.54, 1.807) is 6.20 Å². The minimum Gasteiger partial charge on any atom is -0.480 e. The standard InChI is InChI=1S/C16H18N2O3/c1-11-4-6-12(7-5-11)14-9-17-15(21-14)10-18-8-2-3-13(18)16(19)20/h4-7,9,13H,2-3,8,10H2,1H3,(H,19,20)/t13-/m1/s1. The number of aryl methyl sites for hydroxylation is 1. The Kier molecular flexibility index (Phi) is 3.75. The van der Waals surface area contributed by atoms with E-state index in [2.05, 4.69) is 4.98 Å². The smallest absolute Gasteiger partial charge is 0.320 e. The molecule has 3 rings (SSSR count). The number of carboxylic acids is 1. The predicted molar refractivity (Wildman–Crippen MR) is 77.7 cm³/mol. The number of hydrogen-bond donors (Lipinski definition) is 1. The van der Waals surface area contributed by atoms with Crippen molar-refractivity contribution in [2.24, 2.45) is 0 Å². The molecule has 1 atom stereocenters. The van der Waals surface area contributed by atoms with E-state index in [0.717, 1.165) is 24.3 Å². The third-order valence-electron chi connectivity index (χ3n) is 3.88. The first-order valence-corrected chi connectivity index (χ1v) is 7.12. The SMILES string of the molecule is Cc1ccc(-c2cnc(CN3CCC[C@@H]3C(=O)O)o2)cc1. The van der Waals surface area contributed by atoms with Crippen LogP contribution in [0.3, 0.4) is 0 Å². The second kappa shape index (κ2) is 5.69. The highest BCUT2D eigenvalue weighted by atomic mass is 16.4. The summed E-state index contributed by atoms with van der Waals surface area (Å²) in [6.45, 7) is 3.26. The molecule has 110 valence electrons. The van der Waals surface area contributed by atoms with Crippen molar-refractivity contribution in [3.63, 3.8) is 0 Å². The van der Waals surface area contributed by atoms with Gasteiger partial charge in [0.2, 0.25) is 5.89 Å². The Balaban J connectivity index is 1.73. The van der Waals surface area contributed by atoms with E-state index in [1.807, 2.05) is 36.1 Å². The number of carbonyl (C=O) groups is 1. The van der Waals surface area contributed by atoms with Crippen LogP contribution in [0.15, 0.2) is 34.9 Å². The Morgan fingerprint density at radius 1 is 1.43 bits per heavy atom. The highest BCUT2D eigenvalue weighted by molar-refractivity contribution is 5.73. The van der Waals surface area contributed by atoms with Gasteiger partial charge in [-0.15, -0.1) is 0 Å². The largest absolute Gasteiger partial charge is 0.480 e. The van der Waals surface area contributed by atoms with E-state index < -0.39 is 12.0 Å². The molecule has 1 aliphatic heterocycles. The molecular formula is C16H18N2O3. The molecular weight excluding hydrogens is 268 g/mol. The lowest BCUT2D eigenvalue weighted by Gasteiger charge is -2.18. The number of likely N-dealkylation sites (tertiary alicyclic amines) is 1. The van der Waals surface area contributed by atoms with Crippen LogP contribution in [-0.4, -0.2) is 33.5 Å². The van der Waals surface area contributed by atoms with Gasteiger partial charge < -0.3 is 9.52 Å². The van der Waals surface area contributed by atoms with Crippen LogP contribution in [0.2, 0.25) is 0 Å². The normalized spacial score (nSPS) is 19.0. The third kappa shape index (κ3) is 2.97. The Labute approximate surface area is 123 Å². The van der Waals surface area contributed by atoms with Gasteiger partial charge >= 0.3 is 5.97 Å². The topological polar surface area (TPSA) is 66.6 Å². The average molecular weight is 286 g/mol. The number of oxazole rings is 1. The van der Waals surface area contributed by atoms with Crippen molar-refractivity contribution in [2.75, 3.05) is 6.54 Å². The number of aromatic nitrogens is 1. The average Bonchev–Trinajstić information content (AvgIpc) is 3.09. The van der Waals surface area contributed by atoms with Gasteiger partial charge in [-0.2, -0.15) is 0 Å². The summed E-state index contributed by atoms with van der Waals surface area (Å²) in [7, 11) is 0. The molecule has 1 N–H and O–H groups in total. The number of rotatable bonds is 4. The Hall–Kier alpha value is -2.14. The maximum atomic E-state index is 11.2. The number of nitrogens with zero attached hydrogens (tertiary/aromatic N) is 2. The van der Waals surface area contributed by atoms with Gasteiger partial charge in [-0.1, -0.05) is 29.8 Å². The third-order valence-corrected chi connectivity index (χ3v) is 3.88. The maximum Gasteiger partial charge on any atom is 0.320 e. The molecule has 1 aromatic heterocycles. The highest BCUT2D eigenvalue weighted by Crippen LogP contribution is 2.24. The first-order chi connectivity index (χ1) is 10.1. The molecule has 0 bridgehead atoms. The molecule has 21 heavy (non-hydrogen) atoms. The molecule has 1 aliphatic rings. The molecule has 0 unspecified atom stereocenters. The van der Waals surface area contributed by atoms with Crippen LogP contribution in [0.25, 0.3) is 11.3 Å². The van der Waals surface area contributed by atoms with E-state index in [1.165, 1.54) is 5.56 Å². The van der Waals surface area contributed by atoms with Crippen molar-refractivity contribution < 1.29 is 14.3 Å². The summed E-state index contributed by atoms with van der Waals surface area (Å²) < 4.78 is 5.75. The Morgan fingerprint density at radius 3 is 2.90 bits per heavy atom. The van der Waals surface area contributed by atoms with Crippen molar-refractivity contribution in [3.8, 4) is 11.3 Å². The van der Waals surface area contributed by atoms with E-state index >= 15 is 0 Å². The highest BCUT2D eigenvalue weighted by Gasteiger charge is 2.31. The fraction of sp³-hybridized carbons (Fsp3) is 0.375. The van der Waals surface area contributed by atoms with Crippen molar-refractivity contribution in [1.82, 2.24) is 9.88 Å². The molecule has 0 saturated carbocycles. The van der Waals surface area contributed by atoms with Gasteiger partial charge in [0.1, 0.15) is 6.04 Å². The van der Waals surface area contributed by atoms with E-state index in [9.17, 15) is 9.90 Å². The molecule has 0 amide bonds. The lowest BCUT2D eigenvalue weighted by atomic mass is 10.1. The zero-order valence-electron chi connectivity index (χ0n) is 12.0. The lowest BCUT2D eigenvalue weighted by molar-refractivity contribution is -0.142. The van der Waals surface area contributed by atoms with Crippen molar-refractivity contribution in [2.45, 2.75) is 32.4 Å². The summed E-state index contributed by atoms with van der Waals surface area (Å²) in [5.74, 6) is 0.521. The van der Waals surface area contributed by atoms with Crippen LogP contribution < -0.4 is 0 Å². The quantitative estimate of drug-likeness (QED) is 0.936. The van der Waals surface area contributed by atoms with E-state index in [0.29, 0.717) is 18.9 Å². The molecule has 1 fully saturated rings. The first-order valence-electron chi connectivity index (χ1n) is 7.12. The molecule has 0 aliphatic carbocycles. The van der Waals surface area contributed by atoms with Gasteiger partial charge in [0, 0.05) is 5.56 Å². The van der Waals surface area contributed by atoms with Crippen molar-refractivity contribution in [1.29, 1.82) is 0 Å². The van der Waals surface area contributed by atoms with Crippen LogP contribution in [-0.2, 0) is 11.3 Å². The van der Waals surface area contributed by atoms with Crippen LogP contribution in [0.4, 0.5) is 0 Å². The molecule has 5 nitrogen and oxygen atoms in total. The minimum absolute atomic E-state index is 0.417. The first kappa shape index (κ1) is 13.8. The molecule has 2 aromatic rings. The Bertz CT molecular complexity index is 633. The Morgan fingerprint density at radius 2 is 2.19 bits per heavy atom. The van der Waals surface area contributed by atoms with E-state index in [-0.39, 0.29) is 0 Å². The molecule has 2 heterocycles. The van der Waals surface area contributed by atoms with Crippen LogP contribution >= 0.6 is 0 Å². The second-order valence-electron chi connectivity index (χ2n) is 5.45. The van der Waals surface area contributed by atoms with Gasteiger partial charge in [0.05, 0.1) is 12.7 Å². The number of carboxylic acid groups (broad SMARTS) is 1. The number of aliphatic carboxylic acids is 1. The van der Waals surface area contributed by atoms with Crippen LogP contribution in [0.5, 0.6) is 0 Å². The summed E-state index contributed by atoms with van der Waals surface area (Å²) in [6.07, 6.45) is 3.30. The maximum absolute atomic E-state index is 11.2. The fourth-order valence-electron chi connectivity index (χ4n) is 2.70. The van der Waals surface area contributed by atoms with Gasteiger partial charge in [0.15, 0.2) is 5.76 Å². The number of benzene rings is 1. The summed E-state index contributed by atoms with van der Waals surface area (Å²) in [5, 5.41) is 9.18. The van der Waals surface area contributed by atoms with E-state index in [4.69, 9.17) is 4.42 Å². The van der Waals surface area contributed by atoms with Gasteiger partial charge in [0.25, 0.3) is 0 Å². The van der Waals surface area contributed by atoms with Crippen molar-refractivity contribution >= 4 is 5.97 Å². The second-order valence-corrected chi connectivity index (χ2v) is 5.45. The van der Waals surface area contributed by atoms with Gasteiger partial charge in [-0.05, 0) is 26.3 Å². The zero-order valence-corrected chi connectivity index (χ0v) is 12.0. The lowest BCUT2D eigenvalue weighted by Crippen LogP contribution is -2.35. The van der Waals surface area contributed by atoms with Crippen molar-refractivity contribution in [3.05, 3.63) is 41.9 Å². The van der Waals surface area contributed by atoms with Gasteiger partial charge in [-0.3, -0.25) is 9.69 Å². The van der Waals surface area contributed by atoms with Crippen LogP contribution in [0.1, 0.15) is 24.3 Å². The number of hydrogen-bond acceptors (Lipinski definition) is 4. The zero-order chi connectivity index (χ0) is 14.8. The molecule has 1 saturated heterocycles.